The fraction of sp³-hybridized carbons (Fsp3) is 0.394. The van der Waals surface area contributed by atoms with E-state index in [1.54, 1.807) is 11.8 Å². The van der Waals surface area contributed by atoms with Crippen molar-refractivity contribution in [3.05, 3.63) is 101 Å². The highest BCUT2D eigenvalue weighted by atomic mass is 32.2. The number of fused-ring (bicyclic) bond motifs is 1. The second-order valence-corrected chi connectivity index (χ2v) is 11.4. The molecule has 2 aromatic carbocycles. The summed E-state index contributed by atoms with van der Waals surface area (Å²) in [7, 11) is 2.13. The molecule has 0 bridgehead atoms. The Morgan fingerprint density at radius 2 is 1.72 bits per heavy atom. The van der Waals surface area contributed by atoms with Crippen LogP contribution in [-0.4, -0.2) is 31.6 Å². The van der Waals surface area contributed by atoms with Crippen molar-refractivity contribution in [1.29, 1.82) is 0 Å². The molecule has 0 unspecified atom stereocenters. The van der Waals surface area contributed by atoms with Crippen molar-refractivity contribution in [2.24, 2.45) is 11.8 Å². The molecular formula is C33H42N2S. The quantitative estimate of drug-likeness (QED) is 0.252. The van der Waals surface area contributed by atoms with Crippen molar-refractivity contribution >= 4 is 23.0 Å². The third-order valence-corrected chi connectivity index (χ3v) is 8.84. The number of rotatable bonds is 9. The third-order valence-electron chi connectivity index (χ3n) is 7.79. The molecule has 0 amide bonds. The highest BCUT2D eigenvalue weighted by Gasteiger charge is 2.25. The molecule has 3 heteroatoms. The van der Waals surface area contributed by atoms with E-state index in [1.807, 2.05) is 0 Å². The van der Waals surface area contributed by atoms with Gasteiger partial charge in [-0.25, -0.2) is 0 Å². The van der Waals surface area contributed by atoms with Gasteiger partial charge in [0.2, 0.25) is 0 Å². The van der Waals surface area contributed by atoms with E-state index in [0.29, 0.717) is 5.92 Å². The van der Waals surface area contributed by atoms with Crippen molar-refractivity contribution in [2.75, 3.05) is 31.6 Å². The van der Waals surface area contributed by atoms with E-state index in [0.717, 1.165) is 23.9 Å². The number of aryl methyl sites for hydroxylation is 1. The van der Waals surface area contributed by atoms with E-state index in [1.165, 1.54) is 65.1 Å². The Hall–Kier alpha value is -2.49. The minimum absolute atomic E-state index is 0.583. The molecule has 1 saturated carbocycles. The first-order valence-corrected chi connectivity index (χ1v) is 14.4. The maximum atomic E-state index is 4.48. The second kappa shape index (κ2) is 12.7. The monoisotopic (exact) mass is 498 g/mol. The first-order chi connectivity index (χ1) is 17.5. The SMILES string of the molecule is C=C(/C=C(/C=C1\C=CN(C)c2ccccc21)C1CCC(CN(CC)CC)CC1)Sc1ccccc1C. The van der Waals surface area contributed by atoms with Crippen LogP contribution in [0.25, 0.3) is 5.57 Å². The average molecular weight is 499 g/mol. The van der Waals surface area contributed by atoms with Crippen LogP contribution in [0.15, 0.2) is 94.9 Å². The van der Waals surface area contributed by atoms with Crippen molar-refractivity contribution in [3.63, 3.8) is 0 Å². The summed E-state index contributed by atoms with van der Waals surface area (Å²) in [5, 5.41) is 0. The normalized spacial score (nSPS) is 21.2. The Bertz CT molecular complexity index is 1130. The van der Waals surface area contributed by atoms with Gasteiger partial charge in [-0.1, -0.05) is 74.7 Å². The molecule has 2 aliphatic rings. The van der Waals surface area contributed by atoms with Gasteiger partial charge in [0.05, 0.1) is 0 Å². The van der Waals surface area contributed by atoms with Crippen molar-refractivity contribution in [3.8, 4) is 0 Å². The molecule has 1 aliphatic heterocycles. The van der Waals surface area contributed by atoms with Crippen LogP contribution in [0, 0.1) is 18.8 Å². The first kappa shape index (κ1) is 26.6. The van der Waals surface area contributed by atoms with Gasteiger partial charge >= 0.3 is 0 Å². The lowest BCUT2D eigenvalue weighted by molar-refractivity contribution is 0.201. The molecule has 0 atom stereocenters. The molecule has 4 rings (SSSR count). The Kier molecular flexibility index (Phi) is 9.34. The van der Waals surface area contributed by atoms with Crippen LogP contribution >= 0.6 is 11.8 Å². The van der Waals surface area contributed by atoms with Gasteiger partial charge in [-0.15, -0.1) is 0 Å². The Morgan fingerprint density at radius 3 is 2.44 bits per heavy atom. The fourth-order valence-corrected chi connectivity index (χ4v) is 6.38. The minimum Gasteiger partial charge on any atom is -0.351 e. The van der Waals surface area contributed by atoms with Crippen LogP contribution < -0.4 is 4.90 Å². The molecule has 0 saturated heterocycles. The van der Waals surface area contributed by atoms with Gasteiger partial charge in [-0.2, -0.15) is 0 Å². The number of benzene rings is 2. The second-order valence-electron chi connectivity index (χ2n) is 10.2. The topological polar surface area (TPSA) is 6.48 Å². The number of para-hydroxylation sites is 1. The van der Waals surface area contributed by atoms with E-state index in [9.17, 15) is 0 Å². The van der Waals surface area contributed by atoms with Gasteiger partial charge in [0.1, 0.15) is 0 Å². The molecule has 2 aromatic rings. The van der Waals surface area contributed by atoms with Crippen LogP contribution in [0.1, 0.15) is 50.7 Å². The van der Waals surface area contributed by atoms with E-state index < -0.39 is 0 Å². The number of thioether (sulfide) groups is 1. The van der Waals surface area contributed by atoms with Crippen LogP contribution in [0.3, 0.4) is 0 Å². The fourth-order valence-electron chi connectivity index (χ4n) is 5.52. The number of allylic oxidation sites excluding steroid dienone is 5. The Balaban J connectivity index is 1.60. The van der Waals surface area contributed by atoms with Crippen LogP contribution in [0.4, 0.5) is 5.69 Å². The maximum Gasteiger partial charge on any atom is 0.0483 e. The number of nitrogens with zero attached hydrogens (tertiary/aromatic N) is 2. The van der Waals surface area contributed by atoms with E-state index in [4.69, 9.17) is 0 Å². The van der Waals surface area contributed by atoms with Crippen LogP contribution in [-0.2, 0) is 0 Å². The molecule has 0 aromatic heterocycles. The van der Waals surface area contributed by atoms with Gasteiger partial charge < -0.3 is 9.80 Å². The highest BCUT2D eigenvalue weighted by Crippen LogP contribution is 2.40. The lowest BCUT2D eigenvalue weighted by atomic mass is 9.77. The third kappa shape index (κ3) is 6.63. The van der Waals surface area contributed by atoms with Gasteiger partial charge in [0.25, 0.3) is 0 Å². The average Bonchev–Trinajstić information content (AvgIpc) is 2.90. The molecule has 1 heterocycles. The Labute approximate surface area is 223 Å². The van der Waals surface area contributed by atoms with Crippen molar-refractivity contribution < 1.29 is 0 Å². The van der Waals surface area contributed by atoms with Crippen molar-refractivity contribution in [2.45, 2.75) is 51.3 Å². The molecule has 0 radical (unpaired) electrons. The zero-order valence-corrected chi connectivity index (χ0v) is 23.4. The largest absolute Gasteiger partial charge is 0.351 e. The van der Waals surface area contributed by atoms with E-state index in [-0.39, 0.29) is 0 Å². The number of anilines is 1. The molecular weight excluding hydrogens is 456 g/mol. The van der Waals surface area contributed by atoms with Gasteiger partial charge in [0.15, 0.2) is 0 Å². The van der Waals surface area contributed by atoms with Crippen LogP contribution in [0.2, 0.25) is 0 Å². The number of hydrogen-bond acceptors (Lipinski definition) is 3. The van der Waals surface area contributed by atoms with Crippen LogP contribution in [0.5, 0.6) is 0 Å². The summed E-state index contributed by atoms with van der Waals surface area (Å²) in [4.78, 5) is 7.20. The summed E-state index contributed by atoms with van der Waals surface area (Å²) in [6.45, 7) is 14.8. The van der Waals surface area contributed by atoms with E-state index >= 15 is 0 Å². The summed E-state index contributed by atoms with van der Waals surface area (Å²) < 4.78 is 0. The highest BCUT2D eigenvalue weighted by molar-refractivity contribution is 8.03. The lowest BCUT2D eigenvalue weighted by Gasteiger charge is -2.33. The molecule has 0 spiro atoms. The first-order valence-electron chi connectivity index (χ1n) is 13.6. The van der Waals surface area contributed by atoms with Gasteiger partial charge in [0, 0.05) is 40.8 Å². The summed E-state index contributed by atoms with van der Waals surface area (Å²) >= 11 is 1.79. The summed E-state index contributed by atoms with van der Waals surface area (Å²) in [6, 6.07) is 17.3. The zero-order chi connectivity index (χ0) is 25.5. The molecule has 1 fully saturated rings. The van der Waals surface area contributed by atoms with E-state index in [2.05, 4.69) is 117 Å². The molecule has 0 N–H and O–H groups in total. The van der Waals surface area contributed by atoms with Gasteiger partial charge in [-0.3, -0.25) is 0 Å². The molecule has 36 heavy (non-hydrogen) atoms. The predicted molar refractivity (Wildman–Crippen MR) is 159 cm³/mol. The molecule has 1 aliphatic carbocycles. The van der Waals surface area contributed by atoms with Gasteiger partial charge in [-0.05, 0) is 98.5 Å². The standard InChI is InChI=1S/C33H42N2S/c1-6-35(7-2)24-27-16-18-28(19-17-27)30(22-26(4)36-33-15-11-8-12-25(33)3)23-29-20-21-34(5)32-14-10-9-13-31(29)32/h8-15,20-23,27-28H,4,6-7,16-19,24H2,1-3,5H3/b29-23+,30-22-. The smallest absolute Gasteiger partial charge is 0.0483 e. The maximum absolute atomic E-state index is 4.48. The lowest BCUT2D eigenvalue weighted by Crippen LogP contribution is -2.31. The molecule has 190 valence electrons. The summed E-state index contributed by atoms with van der Waals surface area (Å²) in [5.41, 5.74) is 6.61. The predicted octanol–water partition coefficient (Wildman–Crippen LogP) is 8.72. The summed E-state index contributed by atoms with van der Waals surface area (Å²) in [6.07, 6.45) is 14.4. The Morgan fingerprint density at radius 1 is 1.03 bits per heavy atom. The minimum atomic E-state index is 0.583. The summed E-state index contributed by atoms with van der Waals surface area (Å²) in [5.74, 6) is 1.41. The number of hydrogen-bond donors (Lipinski definition) is 0. The zero-order valence-electron chi connectivity index (χ0n) is 22.5. The molecule has 2 nitrogen and oxygen atoms in total. The van der Waals surface area contributed by atoms with Crippen molar-refractivity contribution in [1.82, 2.24) is 4.90 Å².